The molecule has 0 saturated carbocycles. The fraction of sp³-hybridized carbons (Fsp3) is 0.400. The van der Waals surface area contributed by atoms with E-state index >= 15 is 0 Å². The van der Waals surface area contributed by atoms with Gasteiger partial charge in [0.05, 0.1) is 44.0 Å². The standard InChI is InChI=1S/C20H22FN7O3/c1-12-7-23-19(29)15-10-25-28-11-16(27-2-4-30-5-3-27)17(26-18(15)28)22-8-13-6-14(21)9-24-20(13)31-12/h6,9-12H,2-5,7-8H2,1H3,(H,22,26)(H,23,29). The summed E-state index contributed by atoms with van der Waals surface area (Å²) in [7, 11) is 0. The summed E-state index contributed by atoms with van der Waals surface area (Å²) in [6, 6.07) is 1.39. The Labute approximate surface area is 177 Å². The smallest absolute Gasteiger partial charge is 0.256 e. The number of carbonyl (C=O) groups excluding carboxylic acids is 1. The number of nitrogens with one attached hydrogen (secondary N) is 2. The van der Waals surface area contributed by atoms with Crippen molar-refractivity contribution in [3.05, 3.63) is 41.6 Å². The monoisotopic (exact) mass is 427 g/mol. The van der Waals surface area contributed by atoms with Gasteiger partial charge in [0.2, 0.25) is 5.88 Å². The molecule has 0 aromatic carbocycles. The number of ether oxygens (including phenoxy) is 2. The van der Waals surface area contributed by atoms with E-state index in [4.69, 9.17) is 14.5 Å². The fourth-order valence-corrected chi connectivity index (χ4v) is 3.67. The number of halogens is 1. The number of pyridine rings is 1. The second kappa shape index (κ2) is 7.99. The summed E-state index contributed by atoms with van der Waals surface area (Å²) < 4.78 is 26.8. The van der Waals surface area contributed by atoms with E-state index in [1.165, 1.54) is 12.3 Å². The number of morpholine rings is 1. The van der Waals surface area contributed by atoms with Crippen LogP contribution in [0.25, 0.3) is 5.65 Å². The summed E-state index contributed by atoms with van der Waals surface area (Å²) in [5.74, 6) is 0.122. The van der Waals surface area contributed by atoms with Gasteiger partial charge in [0.15, 0.2) is 11.5 Å². The Morgan fingerprint density at radius 3 is 2.90 bits per heavy atom. The average molecular weight is 427 g/mol. The van der Waals surface area contributed by atoms with Gasteiger partial charge in [-0.05, 0) is 13.0 Å². The summed E-state index contributed by atoms with van der Waals surface area (Å²) >= 11 is 0. The number of amides is 1. The van der Waals surface area contributed by atoms with Crippen molar-refractivity contribution >= 4 is 23.1 Å². The minimum atomic E-state index is -0.454. The highest BCUT2D eigenvalue weighted by Crippen LogP contribution is 2.28. The van der Waals surface area contributed by atoms with Gasteiger partial charge < -0.3 is 25.0 Å². The molecule has 5 heterocycles. The van der Waals surface area contributed by atoms with Crippen LogP contribution in [-0.2, 0) is 11.3 Å². The number of aromatic nitrogens is 4. The van der Waals surface area contributed by atoms with Crippen LogP contribution >= 0.6 is 0 Å². The number of fused-ring (bicyclic) bond motifs is 2. The molecule has 1 saturated heterocycles. The molecule has 2 N–H and O–H groups in total. The second-order valence-corrected chi connectivity index (χ2v) is 7.51. The molecule has 11 heteroatoms. The van der Waals surface area contributed by atoms with Crippen molar-refractivity contribution in [2.45, 2.75) is 19.6 Å². The SMILES string of the molecule is CC1CNC(=O)c2cnn3cc(N4CCOCC4)c(nc23)NCc2cc(F)cnc2O1. The largest absolute Gasteiger partial charge is 0.473 e. The van der Waals surface area contributed by atoms with Gasteiger partial charge >= 0.3 is 0 Å². The Kier molecular flexibility index (Phi) is 5.02. The van der Waals surface area contributed by atoms with E-state index in [-0.39, 0.29) is 25.1 Å². The Bertz CT molecular complexity index is 1130. The Hall–Kier alpha value is -3.47. The molecule has 1 fully saturated rings. The summed E-state index contributed by atoms with van der Waals surface area (Å²) in [6.07, 6.45) is 4.09. The normalized spacial score (nSPS) is 19.5. The molecule has 0 aliphatic carbocycles. The van der Waals surface area contributed by atoms with Gasteiger partial charge in [-0.3, -0.25) is 4.79 Å². The first kappa shape index (κ1) is 19.5. The van der Waals surface area contributed by atoms with Gasteiger partial charge in [-0.25, -0.2) is 18.9 Å². The molecular weight excluding hydrogens is 405 g/mol. The quantitative estimate of drug-likeness (QED) is 0.597. The molecule has 2 bridgehead atoms. The van der Waals surface area contributed by atoms with Crippen LogP contribution in [0.5, 0.6) is 5.88 Å². The molecule has 5 rings (SSSR count). The van der Waals surface area contributed by atoms with Gasteiger partial charge in [-0.15, -0.1) is 0 Å². The topological polar surface area (TPSA) is 106 Å². The van der Waals surface area contributed by atoms with Crippen LogP contribution in [0.4, 0.5) is 15.9 Å². The highest BCUT2D eigenvalue weighted by molar-refractivity contribution is 6.00. The first-order valence-corrected chi connectivity index (χ1v) is 10.1. The van der Waals surface area contributed by atoms with E-state index in [0.29, 0.717) is 54.8 Å². The average Bonchev–Trinajstić information content (AvgIpc) is 3.20. The third kappa shape index (κ3) is 3.83. The van der Waals surface area contributed by atoms with Crippen molar-refractivity contribution in [1.82, 2.24) is 24.9 Å². The zero-order valence-corrected chi connectivity index (χ0v) is 17.0. The van der Waals surface area contributed by atoms with Gasteiger partial charge in [-0.2, -0.15) is 5.10 Å². The predicted molar refractivity (Wildman–Crippen MR) is 110 cm³/mol. The van der Waals surface area contributed by atoms with Crippen molar-refractivity contribution in [1.29, 1.82) is 0 Å². The predicted octanol–water partition coefficient (Wildman–Crippen LogP) is 1.22. The Morgan fingerprint density at radius 1 is 1.23 bits per heavy atom. The summed E-state index contributed by atoms with van der Waals surface area (Å²) in [5.41, 5.74) is 2.17. The van der Waals surface area contributed by atoms with Crippen LogP contribution < -0.4 is 20.3 Å². The second-order valence-electron chi connectivity index (χ2n) is 7.51. The van der Waals surface area contributed by atoms with E-state index < -0.39 is 5.82 Å². The zero-order valence-electron chi connectivity index (χ0n) is 17.0. The minimum absolute atomic E-state index is 0.248. The molecule has 2 aliphatic rings. The molecule has 1 amide bonds. The third-order valence-electron chi connectivity index (χ3n) is 5.27. The summed E-state index contributed by atoms with van der Waals surface area (Å²) in [6.45, 7) is 4.92. The molecule has 3 aromatic heterocycles. The van der Waals surface area contributed by atoms with Gasteiger partial charge in [0, 0.05) is 25.2 Å². The molecule has 0 radical (unpaired) electrons. The van der Waals surface area contributed by atoms with Gasteiger partial charge in [-0.1, -0.05) is 0 Å². The Morgan fingerprint density at radius 2 is 2.06 bits per heavy atom. The number of hydrogen-bond donors (Lipinski definition) is 2. The molecule has 31 heavy (non-hydrogen) atoms. The summed E-state index contributed by atoms with van der Waals surface area (Å²) in [4.78, 5) is 23.7. The van der Waals surface area contributed by atoms with Crippen molar-refractivity contribution in [2.75, 3.05) is 43.1 Å². The van der Waals surface area contributed by atoms with E-state index in [2.05, 4.69) is 25.6 Å². The molecule has 1 unspecified atom stereocenters. The van der Waals surface area contributed by atoms with Crippen molar-refractivity contribution < 1.29 is 18.7 Å². The maximum Gasteiger partial charge on any atom is 0.256 e. The maximum absolute atomic E-state index is 13.9. The first-order chi connectivity index (χ1) is 15.1. The van der Waals surface area contributed by atoms with Crippen LogP contribution in [-0.4, -0.2) is 64.4 Å². The lowest BCUT2D eigenvalue weighted by Gasteiger charge is -2.30. The lowest BCUT2D eigenvalue weighted by Crippen LogP contribution is -2.37. The molecule has 0 spiro atoms. The number of rotatable bonds is 1. The molecule has 162 valence electrons. The van der Waals surface area contributed by atoms with Crippen LogP contribution in [0.3, 0.4) is 0 Å². The maximum atomic E-state index is 13.9. The number of carbonyl (C=O) groups is 1. The van der Waals surface area contributed by atoms with Crippen LogP contribution in [0, 0.1) is 5.82 Å². The van der Waals surface area contributed by atoms with Gasteiger partial charge in [0.25, 0.3) is 5.91 Å². The number of nitrogens with zero attached hydrogens (tertiary/aromatic N) is 5. The minimum Gasteiger partial charge on any atom is -0.473 e. The van der Waals surface area contributed by atoms with E-state index in [9.17, 15) is 9.18 Å². The molecule has 2 aliphatic heterocycles. The highest BCUT2D eigenvalue weighted by atomic mass is 19.1. The zero-order chi connectivity index (χ0) is 21.4. The van der Waals surface area contributed by atoms with Crippen LogP contribution in [0.2, 0.25) is 0 Å². The Balaban J connectivity index is 1.61. The lowest BCUT2D eigenvalue weighted by molar-refractivity contribution is 0.0932. The number of hydrogen-bond acceptors (Lipinski definition) is 8. The van der Waals surface area contributed by atoms with E-state index in [1.54, 1.807) is 4.52 Å². The van der Waals surface area contributed by atoms with Crippen molar-refractivity contribution in [3.63, 3.8) is 0 Å². The molecular formula is C20H22FN7O3. The fourth-order valence-electron chi connectivity index (χ4n) is 3.67. The molecule has 3 aromatic rings. The van der Waals surface area contributed by atoms with Crippen molar-refractivity contribution in [3.8, 4) is 5.88 Å². The lowest BCUT2D eigenvalue weighted by atomic mass is 10.2. The first-order valence-electron chi connectivity index (χ1n) is 10.1. The van der Waals surface area contributed by atoms with Crippen LogP contribution in [0.15, 0.2) is 24.7 Å². The molecule has 10 nitrogen and oxygen atoms in total. The number of anilines is 2. The third-order valence-corrected chi connectivity index (χ3v) is 5.27. The van der Waals surface area contributed by atoms with Crippen LogP contribution in [0.1, 0.15) is 22.8 Å². The summed E-state index contributed by atoms with van der Waals surface area (Å²) in [5, 5.41) is 10.4. The molecule has 1 atom stereocenters. The van der Waals surface area contributed by atoms with E-state index in [1.807, 2.05) is 13.1 Å². The highest BCUT2D eigenvalue weighted by Gasteiger charge is 2.23. The van der Waals surface area contributed by atoms with Crippen molar-refractivity contribution in [2.24, 2.45) is 0 Å². The van der Waals surface area contributed by atoms with E-state index in [0.717, 1.165) is 11.9 Å². The van der Waals surface area contributed by atoms with Gasteiger partial charge in [0.1, 0.15) is 17.5 Å².